The molecule has 0 amide bonds. The summed E-state index contributed by atoms with van der Waals surface area (Å²) in [5, 5.41) is 3.69. The summed E-state index contributed by atoms with van der Waals surface area (Å²) in [5.41, 5.74) is 6.27. The van der Waals surface area contributed by atoms with Gasteiger partial charge in [0.05, 0.1) is 24.0 Å². The predicted octanol–water partition coefficient (Wildman–Crippen LogP) is 1.47. The minimum Gasteiger partial charge on any atom is -0.495 e. The molecule has 0 aliphatic carbocycles. The van der Waals surface area contributed by atoms with Crippen molar-refractivity contribution in [1.29, 1.82) is 0 Å². The Hall–Kier alpha value is -1.93. The Morgan fingerprint density at radius 1 is 1.45 bits per heavy atom. The van der Waals surface area contributed by atoms with Gasteiger partial charge in [0.1, 0.15) is 5.75 Å². The van der Waals surface area contributed by atoms with Gasteiger partial charge in [-0.2, -0.15) is 13.5 Å². The number of ether oxygens (including phenoxy) is 1. The average Bonchev–Trinajstić information content (AvgIpc) is 2.69. The summed E-state index contributed by atoms with van der Waals surface area (Å²) in [6, 6.07) is 4.63. The zero-order valence-corrected chi connectivity index (χ0v) is 12.4. The van der Waals surface area contributed by atoms with Crippen LogP contribution in [-0.4, -0.2) is 25.3 Å². The molecule has 0 atom stereocenters. The van der Waals surface area contributed by atoms with Crippen LogP contribution in [0.3, 0.4) is 0 Å². The number of hydrogen-bond acceptors (Lipinski definition) is 5. The molecule has 3 N–H and O–H groups in total. The fraction of sp³-hybridized carbons (Fsp3) is 0.182. The quantitative estimate of drug-likeness (QED) is 0.832. The minimum atomic E-state index is -3.90. The number of aryl methyl sites for hydroxylation is 1. The van der Waals surface area contributed by atoms with Gasteiger partial charge in [-0.1, -0.05) is 11.6 Å². The lowest BCUT2D eigenvalue weighted by molar-refractivity contribution is 0.417. The van der Waals surface area contributed by atoms with E-state index in [1.807, 2.05) is 0 Å². The molecule has 7 nitrogen and oxygen atoms in total. The Kier molecular flexibility index (Phi) is 3.78. The van der Waals surface area contributed by atoms with E-state index in [9.17, 15) is 8.42 Å². The highest BCUT2D eigenvalue weighted by atomic mass is 35.5. The normalized spacial score (nSPS) is 11.3. The molecule has 20 heavy (non-hydrogen) atoms. The largest absolute Gasteiger partial charge is 0.495 e. The van der Waals surface area contributed by atoms with Gasteiger partial charge in [0.15, 0.2) is 5.03 Å². The van der Waals surface area contributed by atoms with Crippen LogP contribution in [0.2, 0.25) is 5.02 Å². The van der Waals surface area contributed by atoms with E-state index in [-0.39, 0.29) is 15.7 Å². The summed E-state index contributed by atoms with van der Waals surface area (Å²) < 4.78 is 33.3. The molecule has 0 saturated heterocycles. The third-order valence-corrected chi connectivity index (χ3v) is 4.44. The van der Waals surface area contributed by atoms with E-state index in [1.54, 1.807) is 12.1 Å². The van der Waals surface area contributed by atoms with E-state index in [0.717, 1.165) is 0 Å². The maximum Gasteiger partial charge on any atom is 0.280 e. The molecule has 108 valence electrons. The number of anilines is 2. The van der Waals surface area contributed by atoms with Gasteiger partial charge < -0.3 is 10.5 Å². The number of nitrogen functional groups attached to an aromatic ring is 1. The number of aromatic nitrogens is 2. The van der Waals surface area contributed by atoms with Crippen LogP contribution in [0.5, 0.6) is 5.75 Å². The monoisotopic (exact) mass is 316 g/mol. The molecule has 0 aliphatic heterocycles. The fourth-order valence-electron chi connectivity index (χ4n) is 1.70. The van der Waals surface area contributed by atoms with Gasteiger partial charge in [0, 0.05) is 12.7 Å². The second kappa shape index (κ2) is 5.22. The molecule has 1 aromatic carbocycles. The van der Waals surface area contributed by atoms with Crippen LogP contribution in [0.4, 0.5) is 11.4 Å². The molecule has 9 heteroatoms. The van der Waals surface area contributed by atoms with E-state index in [1.165, 1.54) is 31.1 Å². The number of methoxy groups -OCH3 is 1. The van der Waals surface area contributed by atoms with Crippen LogP contribution in [0.1, 0.15) is 0 Å². The smallest absolute Gasteiger partial charge is 0.280 e. The zero-order valence-electron chi connectivity index (χ0n) is 10.8. The number of sulfonamides is 1. The summed E-state index contributed by atoms with van der Waals surface area (Å²) in [5.74, 6) is 0.348. The first-order valence-electron chi connectivity index (χ1n) is 5.49. The molecule has 0 bridgehead atoms. The van der Waals surface area contributed by atoms with Gasteiger partial charge in [-0.05, 0) is 18.2 Å². The Morgan fingerprint density at radius 2 is 2.15 bits per heavy atom. The van der Waals surface area contributed by atoms with Crippen molar-refractivity contribution < 1.29 is 13.2 Å². The average molecular weight is 317 g/mol. The number of nitrogens with two attached hydrogens (primary N) is 1. The number of rotatable bonds is 4. The first kappa shape index (κ1) is 14.5. The van der Waals surface area contributed by atoms with Crippen molar-refractivity contribution in [3.63, 3.8) is 0 Å². The number of nitrogens with one attached hydrogen (secondary N) is 1. The third-order valence-electron chi connectivity index (χ3n) is 2.56. The fourth-order valence-corrected chi connectivity index (χ4v) is 3.42. The van der Waals surface area contributed by atoms with Crippen molar-refractivity contribution >= 4 is 33.0 Å². The van der Waals surface area contributed by atoms with Crippen LogP contribution >= 0.6 is 11.6 Å². The molecule has 2 aromatic rings. The summed E-state index contributed by atoms with van der Waals surface area (Å²) in [6.07, 6.45) is 1.26. The van der Waals surface area contributed by atoms with Crippen LogP contribution < -0.4 is 15.2 Å². The molecule has 1 heterocycles. The van der Waals surface area contributed by atoms with Crippen molar-refractivity contribution in [2.45, 2.75) is 5.03 Å². The maximum atomic E-state index is 12.3. The predicted molar refractivity (Wildman–Crippen MR) is 76.4 cm³/mol. The second-order valence-electron chi connectivity index (χ2n) is 3.99. The number of hydrogen-bond donors (Lipinski definition) is 2. The van der Waals surface area contributed by atoms with Crippen molar-refractivity contribution in [1.82, 2.24) is 9.78 Å². The van der Waals surface area contributed by atoms with Crippen LogP contribution in [0.15, 0.2) is 29.4 Å². The lowest BCUT2D eigenvalue weighted by Crippen LogP contribution is -2.17. The van der Waals surface area contributed by atoms with Crippen molar-refractivity contribution in [2.24, 2.45) is 7.05 Å². The Morgan fingerprint density at radius 3 is 2.70 bits per heavy atom. The Bertz CT molecular complexity index is 723. The van der Waals surface area contributed by atoms with Crippen molar-refractivity contribution in [3.8, 4) is 5.75 Å². The molecule has 0 radical (unpaired) electrons. The number of nitrogens with zero attached hydrogens (tertiary/aromatic N) is 2. The molecule has 2 rings (SSSR count). The van der Waals surface area contributed by atoms with Crippen molar-refractivity contribution in [2.75, 3.05) is 17.6 Å². The zero-order chi connectivity index (χ0) is 14.9. The summed E-state index contributed by atoms with van der Waals surface area (Å²) in [7, 11) is -0.984. The van der Waals surface area contributed by atoms with E-state index in [4.69, 9.17) is 22.1 Å². The van der Waals surface area contributed by atoms with Gasteiger partial charge in [-0.3, -0.25) is 9.40 Å². The van der Waals surface area contributed by atoms with Gasteiger partial charge in [0.25, 0.3) is 10.0 Å². The molecule has 0 aliphatic rings. The van der Waals surface area contributed by atoms with E-state index in [0.29, 0.717) is 11.4 Å². The first-order chi connectivity index (χ1) is 9.35. The standard InChI is InChI=1S/C11H13ClN4O3S/c1-16-11(8(12)6-14-16)20(17,18)15-9-5-7(13)3-4-10(9)19-2/h3-6,15H,13H2,1-2H3. The minimum absolute atomic E-state index is 0.0304. The lowest BCUT2D eigenvalue weighted by Gasteiger charge is -2.12. The molecular formula is C11H13ClN4O3S. The number of halogens is 1. The first-order valence-corrected chi connectivity index (χ1v) is 7.35. The molecule has 0 saturated carbocycles. The SMILES string of the molecule is COc1ccc(N)cc1NS(=O)(=O)c1c(Cl)cnn1C. The maximum absolute atomic E-state index is 12.3. The highest BCUT2D eigenvalue weighted by Crippen LogP contribution is 2.30. The molecule has 0 spiro atoms. The number of benzene rings is 1. The van der Waals surface area contributed by atoms with Gasteiger partial charge in [-0.25, -0.2) is 0 Å². The summed E-state index contributed by atoms with van der Waals surface area (Å²) >= 11 is 5.84. The van der Waals surface area contributed by atoms with Crippen molar-refractivity contribution in [3.05, 3.63) is 29.4 Å². The van der Waals surface area contributed by atoms with E-state index < -0.39 is 10.0 Å². The Balaban J connectivity index is 2.46. The van der Waals surface area contributed by atoms with Crippen LogP contribution in [-0.2, 0) is 17.1 Å². The van der Waals surface area contributed by atoms with E-state index in [2.05, 4.69) is 9.82 Å². The molecular weight excluding hydrogens is 304 g/mol. The summed E-state index contributed by atoms with van der Waals surface area (Å²) in [4.78, 5) is 0. The van der Waals surface area contributed by atoms with Gasteiger partial charge in [-0.15, -0.1) is 0 Å². The van der Waals surface area contributed by atoms with Gasteiger partial charge >= 0.3 is 0 Å². The third kappa shape index (κ3) is 2.66. The molecule has 1 aromatic heterocycles. The lowest BCUT2D eigenvalue weighted by atomic mass is 10.2. The van der Waals surface area contributed by atoms with Crippen LogP contribution in [0.25, 0.3) is 0 Å². The van der Waals surface area contributed by atoms with E-state index >= 15 is 0 Å². The molecule has 0 unspecified atom stereocenters. The topological polar surface area (TPSA) is 99.2 Å². The second-order valence-corrected chi connectivity index (χ2v) is 5.99. The highest BCUT2D eigenvalue weighted by Gasteiger charge is 2.24. The Labute approximate surface area is 121 Å². The highest BCUT2D eigenvalue weighted by molar-refractivity contribution is 7.92. The molecule has 0 fully saturated rings. The van der Waals surface area contributed by atoms with Crippen LogP contribution in [0, 0.1) is 0 Å². The van der Waals surface area contributed by atoms with Gasteiger partial charge in [0.2, 0.25) is 0 Å². The summed E-state index contributed by atoms with van der Waals surface area (Å²) in [6.45, 7) is 0.